The number of rotatable bonds is 6. The molecular formula is C21H27N3O2S. The van der Waals surface area contributed by atoms with E-state index in [2.05, 4.69) is 29.0 Å². The number of carbonyl (C=O) groups excluding carboxylic acids is 1. The van der Waals surface area contributed by atoms with E-state index in [9.17, 15) is 9.00 Å². The van der Waals surface area contributed by atoms with E-state index < -0.39 is 10.8 Å². The Morgan fingerprint density at radius 1 is 1.22 bits per heavy atom. The van der Waals surface area contributed by atoms with Gasteiger partial charge in [0, 0.05) is 48.1 Å². The molecule has 5 nitrogen and oxygen atoms in total. The van der Waals surface area contributed by atoms with Gasteiger partial charge >= 0.3 is 0 Å². The second kappa shape index (κ2) is 8.65. The molecule has 0 aliphatic carbocycles. The van der Waals surface area contributed by atoms with E-state index in [1.165, 1.54) is 0 Å². The fraction of sp³-hybridized carbons (Fsp3) is 0.429. The standard InChI is InChI=1S/C21H27N3O2S/c1-3-21(4-2)16-24(12-13-27(21)26)18-10-11-22-19(14-18)20(25)23-15-17-8-6-5-7-9-17/h5-11,14H,3-4,12-13,15-16H2,1-2H3,(H,23,25). The van der Waals surface area contributed by atoms with Crippen LogP contribution >= 0.6 is 0 Å². The minimum Gasteiger partial charge on any atom is -0.369 e. The number of anilines is 1. The average molecular weight is 386 g/mol. The molecular weight excluding hydrogens is 358 g/mol. The summed E-state index contributed by atoms with van der Waals surface area (Å²) in [6.45, 7) is 6.19. The summed E-state index contributed by atoms with van der Waals surface area (Å²) in [5.74, 6) is 0.484. The number of nitrogens with one attached hydrogen (secondary N) is 1. The zero-order valence-corrected chi connectivity index (χ0v) is 16.8. The highest BCUT2D eigenvalue weighted by molar-refractivity contribution is 7.86. The first-order valence-corrected chi connectivity index (χ1v) is 10.8. The molecule has 1 aliphatic heterocycles. The molecule has 1 aromatic heterocycles. The topological polar surface area (TPSA) is 62.3 Å². The van der Waals surface area contributed by atoms with Crippen molar-refractivity contribution >= 4 is 22.4 Å². The molecule has 27 heavy (non-hydrogen) atoms. The zero-order chi connectivity index (χ0) is 19.3. The molecule has 1 fully saturated rings. The highest BCUT2D eigenvalue weighted by Crippen LogP contribution is 2.31. The molecule has 1 N–H and O–H groups in total. The van der Waals surface area contributed by atoms with E-state index in [1.807, 2.05) is 42.5 Å². The SMILES string of the molecule is CCC1(CC)CN(c2ccnc(C(=O)NCc3ccccc3)c2)CCS1=O. The number of nitrogens with zero attached hydrogens (tertiary/aromatic N) is 2. The summed E-state index contributed by atoms with van der Waals surface area (Å²) in [5.41, 5.74) is 2.43. The fourth-order valence-electron chi connectivity index (χ4n) is 3.53. The van der Waals surface area contributed by atoms with Crippen LogP contribution in [0.15, 0.2) is 48.7 Å². The molecule has 0 saturated carbocycles. The molecule has 2 aromatic rings. The second-order valence-electron chi connectivity index (χ2n) is 6.93. The Labute approximate surface area is 163 Å². The van der Waals surface area contributed by atoms with Crippen LogP contribution < -0.4 is 10.2 Å². The molecule has 144 valence electrons. The van der Waals surface area contributed by atoms with E-state index >= 15 is 0 Å². The lowest BCUT2D eigenvalue weighted by molar-refractivity contribution is 0.0946. The number of aromatic nitrogens is 1. The van der Waals surface area contributed by atoms with Crippen LogP contribution in [0, 0.1) is 0 Å². The van der Waals surface area contributed by atoms with Crippen molar-refractivity contribution in [2.75, 3.05) is 23.7 Å². The largest absolute Gasteiger partial charge is 0.369 e. The normalized spacial score (nSPS) is 18.9. The Kier molecular flexibility index (Phi) is 6.26. The number of hydrogen-bond donors (Lipinski definition) is 1. The summed E-state index contributed by atoms with van der Waals surface area (Å²) in [6, 6.07) is 13.6. The first-order chi connectivity index (χ1) is 13.1. The number of benzene rings is 1. The minimum atomic E-state index is -0.806. The first-order valence-electron chi connectivity index (χ1n) is 9.49. The summed E-state index contributed by atoms with van der Waals surface area (Å²) >= 11 is 0. The maximum atomic E-state index is 12.6. The maximum absolute atomic E-state index is 12.6. The summed E-state index contributed by atoms with van der Waals surface area (Å²) < 4.78 is 12.4. The maximum Gasteiger partial charge on any atom is 0.270 e. The Morgan fingerprint density at radius 2 is 1.96 bits per heavy atom. The summed E-state index contributed by atoms with van der Waals surface area (Å²) in [6.07, 6.45) is 3.46. The van der Waals surface area contributed by atoms with Gasteiger partial charge in [0.1, 0.15) is 5.69 Å². The highest BCUT2D eigenvalue weighted by atomic mass is 32.2. The van der Waals surface area contributed by atoms with Gasteiger partial charge in [0.25, 0.3) is 5.91 Å². The molecule has 1 aliphatic rings. The molecule has 1 saturated heterocycles. The predicted octanol–water partition coefficient (Wildman–Crippen LogP) is 3.14. The molecule has 0 spiro atoms. The van der Waals surface area contributed by atoms with E-state index in [4.69, 9.17) is 0 Å². The van der Waals surface area contributed by atoms with Crippen LogP contribution in [-0.4, -0.2) is 38.7 Å². The Bertz CT molecular complexity index is 806. The van der Waals surface area contributed by atoms with Gasteiger partial charge in [-0.05, 0) is 30.5 Å². The quantitative estimate of drug-likeness (QED) is 0.830. The average Bonchev–Trinajstić information content (AvgIpc) is 2.73. The Morgan fingerprint density at radius 3 is 2.67 bits per heavy atom. The van der Waals surface area contributed by atoms with Gasteiger partial charge in [0.05, 0.1) is 4.75 Å². The Hall–Kier alpha value is -2.21. The van der Waals surface area contributed by atoms with Crippen LogP contribution in [-0.2, 0) is 17.3 Å². The fourth-order valence-corrected chi connectivity index (χ4v) is 5.30. The molecule has 1 atom stereocenters. The van der Waals surface area contributed by atoms with E-state index in [1.54, 1.807) is 6.20 Å². The Balaban J connectivity index is 1.71. The third-order valence-corrected chi connectivity index (χ3v) is 7.66. The summed E-state index contributed by atoms with van der Waals surface area (Å²) in [5, 5.41) is 2.92. The molecule has 1 aromatic carbocycles. The van der Waals surface area contributed by atoms with Gasteiger partial charge in [-0.3, -0.25) is 14.0 Å². The van der Waals surface area contributed by atoms with E-state index in [-0.39, 0.29) is 10.7 Å². The third-order valence-electron chi connectivity index (χ3n) is 5.43. The number of amides is 1. The van der Waals surface area contributed by atoms with Crippen molar-refractivity contribution in [2.45, 2.75) is 38.0 Å². The smallest absolute Gasteiger partial charge is 0.270 e. The molecule has 6 heteroatoms. The van der Waals surface area contributed by atoms with Crippen LogP contribution in [0.1, 0.15) is 42.7 Å². The van der Waals surface area contributed by atoms with Gasteiger partial charge in [-0.1, -0.05) is 44.2 Å². The lowest BCUT2D eigenvalue weighted by Gasteiger charge is -2.42. The second-order valence-corrected chi connectivity index (χ2v) is 8.89. The van der Waals surface area contributed by atoms with Crippen molar-refractivity contribution in [3.8, 4) is 0 Å². The van der Waals surface area contributed by atoms with Gasteiger partial charge in [-0.25, -0.2) is 0 Å². The van der Waals surface area contributed by atoms with Gasteiger partial charge in [-0.2, -0.15) is 0 Å². The summed E-state index contributed by atoms with van der Waals surface area (Å²) in [4.78, 5) is 19.0. The predicted molar refractivity (Wildman–Crippen MR) is 110 cm³/mol. The first kappa shape index (κ1) is 19.5. The lowest BCUT2D eigenvalue weighted by Crippen LogP contribution is -2.53. The van der Waals surface area contributed by atoms with Crippen molar-refractivity contribution in [3.63, 3.8) is 0 Å². The molecule has 1 amide bonds. The van der Waals surface area contributed by atoms with Crippen molar-refractivity contribution < 1.29 is 9.00 Å². The van der Waals surface area contributed by atoms with E-state index in [0.29, 0.717) is 18.0 Å². The van der Waals surface area contributed by atoms with Crippen molar-refractivity contribution in [2.24, 2.45) is 0 Å². The lowest BCUT2D eigenvalue weighted by atomic mass is 10.0. The zero-order valence-electron chi connectivity index (χ0n) is 16.0. The van der Waals surface area contributed by atoms with Crippen LogP contribution in [0.5, 0.6) is 0 Å². The number of carbonyl (C=O) groups is 1. The van der Waals surface area contributed by atoms with Crippen LogP contribution in [0.4, 0.5) is 5.69 Å². The van der Waals surface area contributed by atoms with Gasteiger partial charge < -0.3 is 10.2 Å². The molecule has 3 rings (SSSR count). The van der Waals surface area contributed by atoms with Gasteiger partial charge in [0.15, 0.2) is 0 Å². The van der Waals surface area contributed by atoms with Crippen LogP contribution in [0.25, 0.3) is 0 Å². The summed E-state index contributed by atoms with van der Waals surface area (Å²) in [7, 11) is -0.806. The molecule has 0 radical (unpaired) electrons. The highest BCUT2D eigenvalue weighted by Gasteiger charge is 2.39. The van der Waals surface area contributed by atoms with Crippen LogP contribution in [0.3, 0.4) is 0 Å². The number of hydrogen-bond acceptors (Lipinski definition) is 4. The van der Waals surface area contributed by atoms with Gasteiger partial charge in [0.2, 0.25) is 0 Å². The van der Waals surface area contributed by atoms with Crippen molar-refractivity contribution in [1.82, 2.24) is 10.3 Å². The minimum absolute atomic E-state index is 0.169. The number of pyridine rings is 1. The van der Waals surface area contributed by atoms with Crippen molar-refractivity contribution in [3.05, 3.63) is 59.9 Å². The molecule has 1 unspecified atom stereocenters. The monoisotopic (exact) mass is 385 g/mol. The van der Waals surface area contributed by atoms with Gasteiger partial charge in [-0.15, -0.1) is 0 Å². The van der Waals surface area contributed by atoms with Crippen LogP contribution in [0.2, 0.25) is 0 Å². The van der Waals surface area contributed by atoms with E-state index in [0.717, 1.165) is 37.2 Å². The molecule has 0 bridgehead atoms. The molecule has 2 heterocycles. The van der Waals surface area contributed by atoms with Crippen molar-refractivity contribution in [1.29, 1.82) is 0 Å². The third kappa shape index (κ3) is 4.38.